The molecule has 0 atom stereocenters. The summed E-state index contributed by atoms with van der Waals surface area (Å²) >= 11 is 1.26. The lowest BCUT2D eigenvalue weighted by Crippen LogP contribution is -2.51. The Morgan fingerprint density at radius 1 is 1.03 bits per heavy atom. The van der Waals surface area contributed by atoms with E-state index in [-0.39, 0.29) is 23.3 Å². The maximum atomic E-state index is 13.5. The van der Waals surface area contributed by atoms with E-state index in [0.717, 1.165) is 16.8 Å². The first-order valence-electron chi connectivity index (χ1n) is 11.3. The second kappa shape index (κ2) is 10.3. The van der Waals surface area contributed by atoms with E-state index >= 15 is 0 Å². The third-order valence-corrected chi connectivity index (χ3v) is 6.74. The molecule has 1 fully saturated rings. The van der Waals surface area contributed by atoms with Gasteiger partial charge in [0.05, 0.1) is 29.0 Å². The molecular formula is C25H28N4O4S. The highest BCUT2D eigenvalue weighted by Gasteiger charge is 2.25. The summed E-state index contributed by atoms with van der Waals surface area (Å²) in [5.74, 6) is 0.0952. The number of nitrogens with zero attached hydrogens (tertiary/aromatic N) is 4. The van der Waals surface area contributed by atoms with E-state index in [4.69, 9.17) is 9.72 Å². The van der Waals surface area contributed by atoms with Gasteiger partial charge < -0.3 is 14.5 Å². The molecule has 8 nitrogen and oxygen atoms in total. The van der Waals surface area contributed by atoms with Gasteiger partial charge in [-0.2, -0.15) is 0 Å². The Morgan fingerprint density at radius 3 is 2.44 bits per heavy atom. The zero-order valence-electron chi connectivity index (χ0n) is 19.6. The van der Waals surface area contributed by atoms with Crippen LogP contribution in [0.1, 0.15) is 18.1 Å². The molecule has 3 aromatic rings. The molecule has 1 aliphatic rings. The van der Waals surface area contributed by atoms with Gasteiger partial charge in [-0.25, -0.2) is 9.78 Å². The molecule has 34 heavy (non-hydrogen) atoms. The number of hydrogen-bond acceptors (Lipinski definition) is 6. The van der Waals surface area contributed by atoms with Crippen molar-refractivity contribution in [1.82, 2.24) is 19.4 Å². The lowest BCUT2D eigenvalue weighted by Gasteiger charge is -2.34. The topological polar surface area (TPSA) is 84.7 Å². The largest absolute Gasteiger partial charge is 0.450 e. The number of carbonyl (C=O) groups is 2. The minimum absolute atomic E-state index is 0.0527. The number of ether oxygens (including phenoxy) is 1. The van der Waals surface area contributed by atoms with Gasteiger partial charge in [0.25, 0.3) is 5.56 Å². The highest BCUT2D eigenvalue weighted by Crippen LogP contribution is 2.24. The van der Waals surface area contributed by atoms with Crippen LogP contribution in [0.4, 0.5) is 4.79 Å². The second-order valence-electron chi connectivity index (χ2n) is 8.20. The Labute approximate surface area is 202 Å². The van der Waals surface area contributed by atoms with Crippen molar-refractivity contribution in [3.05, 3.63) is 63.9 Å². The van der Waals surface area contributed by atoms with Crippen LogP contribution >= 0.6 is 11.8 Å². The summed E-state index contributed by atoms with van der Waals surface area (Å²) in [6.07, 6.45) is -0.346. The van der Waals surface area contributed by atoms with Gasteiger partial charge in [0.15, 0.2) is 5.16 Å². The van der Waals surface area contributed by atoms with Gasteiger partial charge in [-0.05, 0) is 44.5 Å². The molecule has 2 heterocycles. The molecular weight excluding hydrogens is 452 g/mol. The van der Waals surface area contributed by atoms with E-state index in [1.807, 2.05) is 50.2 Å². The molecule has 2 amide bonds. The monoisotopic (exact) mass is 480 g/mol. The van der Waals surface area contributed by atoms with Crippen molar-refractivity contribution in [2.24, 2.45) is 0 Å². The highest BCUT2D eigenvalue weighted by molar-refractivity contribution is 7.99. The standard InChI is InChI=1S/C25H28N4O4S/c1-4-33-25(32)28-13-11-27(12-14-28)22(30)16-34-24-26-20-8-6-5-7-19(20)23(31)29(24)21-10-9-17(2)15-18(21)3/h5-10,15H,4,11-14,16H2,1-3H3. The third-order valence-electron chi connectivity index (χ3n) is 5.82. The van der Waals surface area contributed by atoms with Crippen LogP contribution in [0, 0.1) is 13.8 Å². The van der Waals surface area contributed by atoms with E-state index < -0.39 is 0 Å². The fourth-order valence-electron chi connectivity index (χ4n) is 4.05. The molecule has 1 aliphatic heterocycles. The molecule has 1 saturated heterocycles. The molecule has 4 rings (SSSR count). The molecule has 0 unspecified atom stereocenters. The zero-order chi connectivity index (χ0) is 24.2. The summed E-state index contributed by atoms with van der Waals surface area (Å²) in [5, 5.41) is 1.02. The fourth-order valence-corrected chi connectivity index (χ4v) is 4.96. The molecule has 178 valence electrons. The number of benzene rings is 2. The van der Waals surface area contributed by atoms with E-state index in [9.17, 15) is 14.4 Å². The maximum Gasteiger partial charge on any atom is 0.409 e. The molecule has 0 N–H and O–H groups in total. The average molecular weight is 481 g/mol. The second-order valence-corrected chi connectivity index (χ2v) is 9.14. The molecule has 0 aliphatic carbocycles. The molecule has 1 aromatic heterocycles. The van der Waals surface area contributed by atoms with Crippen molar-refractivity contribution in [1.29, 1.82) is 0 Å². The van der Waals surface area contributed by atoms with E-state index in [1.54, 1.807) is 27.4 Å². The van der Waals surface area contributed by atoms with Crippen molar-refractivity contribution < 1.29 is 14.3 Å². The zero-order valence-corrected chi connectivity index (χ0v) is 20.4. The first-order chi connectivity index (χ1) is 16.4. The summed E-state index contributed by atoms with van der Waals surface area (Å²) in [6, 6.07) is 13.2. The summed E-state index contributed by atoms with van der Waals surface area (Å²) in [7, 11) is 0. The summed E-state index contributed by atoms with van der Waals surface area (Å²) in [4.78, 5) is 46.4. The number of amides is 2. The van der Waals surface area contributed by atoms with E-state index in [1.165, 1.54) is 11.8 Å². The molecule has 9 heteroatoms. The minimum Gasteiger partial charge on any atom is -0.450 e. The predicted molar refractivity (Wildman–Crippen MR) is 133 cm³/mol. The number of hydrogen-bond donors (Lipinski definition) is 0. The van der Waals surface area contributed by atoms with Crippen LogP contribution in [0.5, 0.6) is 0 Å². The van der Waals surface area contributed by atoms with Gasteiger partial charge in [-0.15, -0.1) is 0 Å². The maximum absolute atomic E-state index is 13.5. The summed E-state index contributed by atoms with van der Waals surface area (Å²) < 4.78 is 6.64. The van der Waals surface area contributed by atoms with Crippen LogP contribution in [0.25, 0.3) is 16.6 Å². The van der Waals surface area contributed by atoms with Gasteiger partial charge >= 0.3 is 6.09 Å². The number of para-hydroxylation sites is 1. The average Bonchev–Trinajstić information content (AvgIpc) is 2.83. The van der Waals surface area contributed by atoms with Crippen LogP contribution in [0.3, 0.4) is 0 Å². The smallest absolute Gasteiger partial charge is 0.409 e. The molecule has 0 bridgehead atoms. The van der Waals surface area contributed by atoms with Crippen molar-refractivity contribution in [3.63, 3.8) is 0 Å². The Bertz CT molecular complexity index is 1280. The van der Waals surface area contributed by atoms with Gasteiger partial charge in [-0.1, -0.05) is 41.6 Å². The van der Waals surface area contributed by atoms with Crippen LogP contribution < -0.4 is 5.56 Å². The third kappa shape index (κ3) is 4.94. The Hall–Kier alpha value is -3.33. The molecule has 0 saturated carbocycles. The van der Waals surface area contributed by atoms with Crippen LogP contribution in [0.2, 0.25) is 0 Å². The predicted octanol–water partition coefficient (Wildman–Crippen LogP) is 3.40. The van der Waals surface area contributed by atoms with Gasteiger partial charge in [0.1, 0.15) is 0 Å². The Kier molecular flexibility index (Phi) is 7.21. The minimum atomic E-state index is -0.346. The molecule has 2 aromatic carbocycles. The van der Waals surface area contributed by atoms with Crippen LogP contribution in [-0.4, -0.2) is 69.9 Å². The number of aromatic nitrogens is 2. The Balaban J connectivity index is 1.57. The van der Waals surface area contributed by atoms with Crippen LogP contribution in [-0.2, 0) is 9.53 Å². The fraction of sp³-hybridized carbons (Fsp3) is 0.360. The highest BCUT2D eigenvalue weighted by atomic mass is 32.2. The first kappa shape index (κ1) is 23.8. The van der Waals surface area contributed by atoms with E-state index in [0.29, 0.717) is 48.8 Å². The lowest BCUT2D eigenvalue weighted by molar-refractivity contribution is -0.129. The normalized spacial score (nSPS) is 13.9. The molecule has 0 radical (unpaired) electrons. The number of aryl methyl sites for hydroxylation is 2. The first-order valence-corrected chi connectivity index (χ1v) is 12.3. The summed E-state index contributed by atoms with van der Waals surface area (Å²) in [6.45, 7) is 7.86. The van der Waals surface area contributed by atoms with Crippen molar-refractivity contribution in [2.45, 2.75) is 25.9 Å². The van der Waals surface area contributed by atoms with Crippen molar-refractivity contribution in [2.75, 3.05) is 38.5 Å². The number of fused-ring (bicyclic) bond motifs is 1. The number of rotatable bonds is 5. The molecule has 0 spiro atoms. The number of thioether (sulfide) groups is 1. The lowest BCUT2D eigenvalue weighted by atomic mass is 10.1. The van der Waals surface area contributed by atoms with Gasteiger partial charge in [0, 0.05) is 26.2 Å². The van der Waals surface area contributed by atoms with Crippen LogP contribution in [0.15, 0.2) is 52.4 Å². The quantitative estimate of drug-likeness (QED) is 0.411. The SMILES string of the molecule is CCOC(=O)N1CCN(C(=O)CSc2nc3ccccc3c(=O)n2-c2ccc(C)cc2C)CC1. The van der Waals surface area contributed by atoms with Crippen molar-refractivity contribution in [3.8, 4) is 5.69 Å². The van der Waals surface area contributed by atoms with E-state index in [2.05, 4.69) is 0 Å². The summed E-state index contributed by atoms with van der Waals surface area (Å²) in [5.41, 5.74) is 3.27. The Morgan fingerprint density at radius 2 is 1.74 bits per heavy atom. The van der Waals surface area contributed by atoms with Gasteiger partial charge in [0.2, 0.25) is 5.91 Å². The van der Waals surface area contributed by atoms with Gasteiger partial charge in [-0.3, -0.25) is 14.2 Å². The van der Waals surface area contributed by atoms with Crippen molar-refractivity contribution >= 4 is 34.7 Å². The number of piperazine rings is 1. The number of carbonyl (C=O) groups excluding carboxylic acids is 2.